The number of nitrogens with one attached hydrogen (secondary N) is 2. The molecule has 0 aliphatic heterocycles. The molecule has 2 aromatic rings. The second-order valence-electron chi connectivity index (χ2n) is 6.13. The van der Waals surface area contributed by atoms with E-state index in [-0.39, 0.29) is 11.8 Å². The summed E-state index contributed by atoms with van der Waals surface area (Å²) >= 11 is 1.18. The predicted molar refractivity (Wildman–Crippen MR) is 107 cm³/mol. The molecule has 0 saturated carbocycles. The molecule has 142 valence electrons. The minimum atomic E-state index is -0.566. The van der Waals surface area contributed by atoms with E-state index in [0.29, 0.717) is 22.0 Å². The lowest BCUT2D eigenvalue weighted by molar-refractivity contribution is -0.115. The summed E-state index contributed by atoms with van der Waals surface area (Å²) in [5.74, 6) is -0.963. The second kappa shape index (κ2) is 8.68. The van der Waals surface area contributed by atoms with Crippen molar-refractivity contribution in [3.8, 4) is 0 Å². The third kappa shape index (κ3) is 5.55. The van der Waals surface area contributed by atoms with Crippen LogP contribution in [0.3, 0.4) is 0 Å². The lowest BCUT2D eigenvalue weighted by Gasteiger charge is -2.15. The molecule has 0 fully saturated rings. The highest BCUT2D eigenvalue weighted by atomic mass is 32.2. The van der Waals surface area contributed by atoms with Crippen LogP contribution in [0.1, 0.15) is 35.5 Å². The summed E-state index contributed by atoms with van der Waals surface area (Å²) in [5.41, 5.74) is 8.54. The van der Waals surface area contributed by atoms with Gasteiger partial charge in [-0.3, -0.25) is 14.4 Å². The van der Waals surface area contributed by atoms with Crippen molar-refractivity contribution in [1.82, 2.24) is 4.98 Å². The van der Waals surface area contributed by atoms with Crippen LogP contribution in [-0.4, -0.2) is 28.0 Å². The van der Waals surface area contributed by atoms with E-state index in [1.165, 1.54) is 18.7 Å². The molecule has 0 spiro atoms. The number of aryl methyl sites for hydroxylation is 2. The van der Waals surface area contributed by atoms with E-state index in [1.807, 2.05) is 6.92 Å². The molecule has 4 N–H and O–H groups in total. The number of carbonyl (C=O) groups is 3. The molecule has 1 aromatic heterocycles. The van der Waals surface area contributed by atoms with Crippen LogP contribution in [0.4, 0.5) is 11.4 Å². The Kier molecular flexibility index (Phi) is 6.57. The first kappa shape index (κ1) is 20.4. The zero-order valence-electron chi connectivity index (χ0n) is 15.6. The van der Waals surface area contributed by atoms with Gasteiger partial charge in [0.05, 0.1) is 10.8 Å². The van der Waals surface area contributed by atoms with Crippen molar-refractivity contribution in [2.45, 2.75) is 38.0 Å². The molecule has 0 saturated heterocycles. The Morgan fingerprint density at radius 1 is 1.07 bits per heavy atom. The van der Waals surface area contributed by atoms with Crippen molar-refractivity contribution in [1.29, 1.82) is 0 Å². The average Bonchev–Trinajstić information content (AvgIpc) is 2.55. The second-order valence-corrected chi connectivity index (χ2v) is 7.46. The number of primary amides is 1. The van der Waals surface area contributed by atoms with E-state index in [0.717, 1.165) is 11.3 Å². The third-order valence-electron chi connectivity index (χ3n) is 3.69. The van der Waals surface area contributed by atoms with Gasteiger partial charge in [-0.05, 0) is 56.7 Å². The first-order chi connectivity index (χ1) is 12.7. The number of amides is 3. The highest BCUT2D eigenvalue weighted by Crippen LogP contribution is 2.28. The zero-order chi connectivity index (χ0) is 20.1. The van der Waals surface area contributed by atoms with Crippen molar-refractivity contribution >= 4 is 40.9 Å². The number of nitrogens with two attached hydrogens (primary N) is 1. The number of aromatic nitrogens is 1. The quantitative estimate of drug-likeness (QED) is 0.661. The molecule has 0 aliphatic carbocycles. The summed E-state index contributed by atoms with van der Waals surface area (Å²) in [6.07, 6.45) is 0. The standard InChI is InChI=1S/C19H22N4O3S/c1-10-9-11(2)21-19(16(10)17(20)25)27-12(3)18(26)23-15-7-5-14(6-8-15)22-13(4)24/h5-9,12H,1-4H3,(H2,20,25)(H,22,24)(H,23,26)/t12-/m0/s1. The normalized spacial score (nSPS) is 11.6. The van der Waals surface area contributed by atoms with Gasteiger partial charge in [0.2, 0.25) is 11.8 Å². The van der Waals surface area contributed by atoms with Gasteiger partial charge in [-0.2, -0.15) is 0 Å². The van der Waals surface area contributed by atoms with Gasteiger partial charge in [0.15, 0.2) is 0 Å². The monoisotopic (exact) mass is 386 g/mol. The predicted octanol–water partition coefficient (Wildman–Crippen LogP) is 2.88. The molecular weight excluding hydrogens is 364 g/mol. The zero-order valence-corrected chi connectivity index (χ0v) is 16.4. The number of nitrogens with zero attached hydrogens (tertiary/aromatic N) is 1. The SMILES string of the molecule is CC(=O)Nc1ccc(NC(=O)[C@H](C)Sc2nc(C)cc(C)c2C(N)=O)cc1. The number of anilines is 2. The Hall–Kier alpha value is -2.87. The van der Waals surface area contributed by atoms with Crippen molar-refractivity contribution in [2.24, 2.45) is 5.73 Å². The number of hydrogen-bond donors (Lipinski definition) is 3. The highest BCUT2D eigenvalue weighted by molar-refractivity contribution is 8.00. The summed E-state index contributed by atoms with van der Waals surface area (Å²) in [7, 11) is 0. The molecule has 3 amide bonds. The molecule has 1 atom stereocenters. The van der Waals surface area contributed by atoms with Gasteiger partial charge < -0.3 is 16.4 Å². The number of pyridine rings is 1. The Morgan fingerprint density at radius 2 is 1.63 bits per heavy atom. The summed E-state index contributed by atoms with van der Waals surface area (Å²) in [4.78, 5) is 39.6. The maximum absolute atomic E-state index is 12.5. The molecule has 8 heteroatoms. The van der Waals surface area contributed by atoms with Gasteiger partial charge >= 0.3 is 0 Å². The minimum Gasteiger partial charge on any atom is -0.366 e. The highest BCUT2D eigenvalue weighted by Gasteiger charge is 2.21. The first-order valence-electron chi connectivity index (χ1n) is 8.30. The molecule has 2 rings (SSSR count). The van der Waals surface area contributed by atoms with Gasteiger partial charge in [-0.25, -0.2) is 4.98 Å². The lowest BCUT2D eigenvalue weighted by Crippen LogP contribution is -2.23. The van der Waals surface area contributed by atoms with E-state index >= 15 is 0 Å². The molecule has 1 heterocycles. The molecule has 0 unspecified atom stereocenters. The van der Waals surface area contributed by atoms with Crippen LogP contribution in [0.5, 0.6) is 0 Å². The van der Waals surface area contributed by atoms with Crippen LogP contribution in [0, 0.1) is 13.8 Å². The molecule has 0 aliphatic rings. The van der Waals surface area contributed by atoms with Crippen LogP contribution < -0.4 is 16.4 Å². The summed E-state index contributed by atoms with van der Waals surface area (Å²) in [5, 5.41) is 5.42. The van der Waals surface area contributed by atoms with Crippen LogP contribution in [0.15, 0.2) is 35.4 Å². The summed E-state index contributed by atoms with van der Waals surface area (Å²) < 4.78 is 0. The largest absolute Gasteiger partial charge is 0.366 e. The maximum Gasteiger partial charge on any atom is 0.251 e. The Morgan fingerprint density at radius 3 is 2.15 bits per heavy atom. The fourth-order valence-corrected chi connectivity index (χ4v) is 3.57. The number of hydrogen-bond acceptors (Lipinski definition) is 5. The molecular formula is C19H22N4O3S. The van der Waals surface area contributed by atoms with E-state index < -0.39 is 11.2 Å². The van der Waals surface area contributed by atoms with Crippen molar-refractivity contribution < 1.29 is 14.4 Å². The van der Waals surface area contributed by atoms with Crippen LogP contribution >= 0.6 is 11.8 Å². The fourth-order valence-electron chi connectivity index (χ4n) is 2.49. The van der Waals surface area contributed by atoms with Crippen LogP contribution in [0.2, 0.25) is 0 Å². The van der Waals surface area contributed by atoms with E-state index in [9.17, 15) is 14.4 Å². The van der Waals surface area contributed by atoms with Gasteiger partial charge in [0.25, 0.3) is 5.91 Å². The minimum absolute atomic E-state index is 0.164. The Balaban J connectivity index is 2.10. The van der Waals surface area contributed by atoms with E-state index in [4.69, 9.17) is 5.73 Å². The molecule has 27 heavy (non-hydrogen) atoms. The number of thioether (sulfide) groups is 1. The lowest BCUT2D eigenvalue weighted by atomic mass is 10.1. The molecule has 0 bridgehead atoms. The molecule has 7 nitrogen and oxygen atoms in total. The first-order valence-corrected chi connectivity index (χ1v) is 9.18. The summed E-state index contributed by atoms with van der Waals surface area (Å²) in [6.45, 7) is 6.77. The van der Waals surface area contributed by atoms with Crippen molar-refractivity contribution in [3.05, 3.63) is 47.2 Å². The van der Waals surface area contributed by atoms with Gasteiger partial charge in [0.1, 0.15) is 5.03 Å². The Labute approximate surface area is 162 Å². The van der Waals surface area contributed by atoms with Crippen LogP contribution in [-0.2, 0) is 9.59 Å². The Bertz CT molecular complexity index is 881. The third-order valence-corrected chi connectivity index (χ3v) is 4.77. The number of carbonyl (C=O) groups excluding carboxylic acids is 3. The van der Waals surface area contributed by atoms with Crippen LogP contribution in [0.25, 0.3) is 0 Å². The van der Waals surface area contributed by atoms with Gasteiger partial charge in [-0.1, -0.05) is 11.8 Å². The van der Waals surface area contributed by atoms with E-state index in [2.05, 4.69) is 15.6 Å². The smallest absolute Gasteiger partial charge is 0.251 e. The number of rotatable bonds is 6. The topological polar surface area (TPSA) is 114 Å². The molecule has 1 aromatic carbocycles. The summed E-state index contributed by atoms with van der Waals surface area (Å²) in [6, 6.07) is 8.58. The van der Waals surface area contributed by atoms with Gasteiger partial charge in [0, 0.05) is 24.0 Å². The average molecular weight is 386 g/mol. The molecule has 0 radical (unpaired) electrons. The maximum atomic E-state index is 12.5. The fraction of sp³-hybridized carbons (Fsp3) is 0.263. The van der Waals surface area contributed by atoms with E-state index in [1.54, 1.807) is 44.2 Å². The van der Waals surface area contributed by atoms with Crippen molar-refractivity contribution in [2.75, 3.05) is 10.6 Å². The number of benzene rings is 1. The van der Waals surface area contributed by atoms with Gasteiger partial charge in [-0.15, -0.1) is 0 Å². The van der Waals surface area contributed by atoms with Crippen molar-refractivity contribution in [3.63, 3.8) is 0 Å².